The number of nitrogens with zero attached hydrogens (tertiary/aromatic N) is 3. The van der Waals surface area contributed by atoms with Crippen LogP contribution in [0.5, 0.6) is 0 Å². The summed E-state index contributed by atoms with van der Waals surface area (Å²) in [7, 11) is 0. The number of rotatable bonds is 6. The number of carbonyl (C=O) groups is 1. The number of hydrogen-bond acceptors (Lipinski definition) is 4. The third-order valence-electron chi connectivity index (χ3n) is 3.65. The maximum absolute atomic E-state index is 12.0. The Kier molecular flexibility index (Phi) is 4.69. The Balaban J connectivity index is 1.61. The van der Waals surface area contributed by atoms with Crippen LogP contribution >= 0.6 is 23.4 Å². The molecule has 1 aromatic carbocycles. The first-order valence-electron chi connectivity index (χ1n) is 7.21. The molecule has 1 heterocycles. The predicted octanol–water partition coefficient (Wildman–Crippen LogP) is 2.93. The monoisotopic (exact) mass is 336 g/mol. The maximum atomic E-state index is 12.0. The first-order valence-corrected chi connectivity index (χ1v) is 8.58. The lowest BCUT2D eigenvalue weighted by Crippen LogP contribution is -2.35. The van der Waals surface area contributed by atoms with Crippen LogP contribution in [0.1, 0.15) is 19.8 Å². The lowest BCUT2D eigenvalue weighted by molar-refractivity contribution is -0.119. The average molecular weight is 337 g/mol. The van der Waals surface area contributed by atoms with Gasteiger partial charge in [-0.2, -0.15) is 0 Å². The van der Waals surface area contributed by atoms with Crippen LogP contribution in [-0.4, -0.2) is 32.5 Å². The van der Waals surface area contributed by atoms with Crippen LogP contribution in [0.15, 0.2) is 35.7 Å². The average Bonchev–Trinajstić information content (AvgIpc) is 3.24. The van der Waals surface area contributed by atoms with Crippen molar-refractivity contribution in [3.8, 4) is 5.69 Å². The van der Waals surface area contributed by atoms with Crippen molar-refractivity contribution in [2.24, 2.45) is 5.92 Å². The second kappa shape index (κ2) is 6.71. The third-order valence-corrected chi connectivity index (χ3v) is 4.83. The van der Waals surface area contributed by atoms with Crippen molar-refractivity contribution in [2.45, 2.75) is 31.0 Å². The van der Waals surface area contributed by atoms with Crippen LogP contribution in [0.4, 0.5) is 0 Å². The summed E-state index contributed by atoms with van der Waals surface area (Å²) in [5.41, 5.74) is 0.881. The van der Waals surface area contributed by atoms with Crippen LogP contribution < -0.4 is 5.32 Å². The van der Waals surface area contributed by atoms with Crippen LogP contribution in [0.2, 0.25) is 5.02 Å². The highest BCUT2D eigenvalue weighted by Crippen LogP contribution is 2.32. The minimum atomic E-state index is 0.0324. The Morgan fingerprint density at radius 1 is 1.55 bits per heavy atom. The number of halogens is 1. The highest BCUT2D eigenvalue weighted by atomic mass is 35.5. The van der Waals surface area contributed by atoms with Gasteiger partial charge in [-0.1, -0.05) is 29.4 Å². The van der Waals surface area contributed by atoms with Crippen molar-refractivity contribution in [2.75, 3.05) is 5.75 Å². The number of aromatic nitrogens is 3. The molecule has 1 amide bonds. The van der Waals surface area contributed by atoms with E-state index in [4.69, 9.17) is 11.6 Å². The second-order valence-corrected chi connectivity index (χ2v) is 6.82. The molecule has 22 heavy (non-hydrogen) atoms. The van der Waals surface area contributed by atoms with Crippen molar-refractivity contribution >= 4 is 29.3 Å². The number of amides is 1. The number of thioether (sulfide) groups is 1. The lowest BCUT2D eigenvalue weighted by atomic mass is 10.2. The molecule has 2 aromatic rings. The van der Waals surface area contributed by atoms with E-state index in [-0.39, 0.29) is 11.9 Å². The summed E-state index contributed by atoms with van der Waals surface area (Å²) in [6, 6.07) is 7.71. The fraction of sp³-hybridized carbons (Fsp3) is 0.400. The van der Waals surface area contributed by atoms with Gasteiger partial charge in [0, 0.05) is 11.1 Å². The van der Waals surface area contributed by atoms with Crippen molar-refractivity contribution in [1.82, 2.24) is 20.1 Å². The summed E-state index contributed by atoms with van der Waals surface area (Å²) < 4.78 is 1.83. The molecular formula is C15H17ClN4OS. The van der Waals surface area contributed by atoms with Crippen molar-refractivity contribution in [1.29, 1.82) is 0 Å². The van der Waals surface area contributed by atoms with Crippen LogP contribution in [0, 0.1) is 5.92 Å². The van der Waals surface area contributed by atoms with Gasteiger partial charge in [0.25, 0.3) is 0 Å². The molecule has 1 atom stereocenters. The van der Waals surface area contributed by atoms with E-state index >= 15 is 0 Å². The predicted molar refractivity (Wildman–Crippen MR) is 87.4 cm³/mol. The zero-order valence-corrected chi connectivity index (χ0v) is 13.8. The standard InChI is InChI=1S/C15H17ClN4OS/c1-10(11-5-6-11)18-14(21)8-22-15-19-17-9-20(15)13-4-2-3-12(16)7-13/h2-4,7,9-11H,5-6,8H2,1H3,(H,18,21). The van der Waals surface area contributed by atoms with Gasteiger partial charge in [0.1, 0.15) is 6.33 Å². The first-order chi connectivity index (χ1) is 10.6. The van der Waals surface area contributed by atoms with E-state index in [1.165, 1.54) is 24.6 Å². The van der Waals surface area contributed by atoms with Crippen molar-refractivity contribution < 1.29 is 4.79 Å². The van der Waals surface area contributed by atoms with E-state index in [9.17, 15) is 4.79 Å². The van der Waals surface area contributed by atoms with E-state index in [0.29, 0.717) is 21.8 Å². The quantitative estimate of drug-likeness (QED) is 0.824. The summed E-state index contributed by atoms with van der Waals surface area (Å²) in [4.78, 5) is 12.0. The summed E-state index contributed by atoms with van der Waals surface area (Å²) in [6.07, 6.45) is 4.06. The van der Waals surface area contributed by atoms with E-state index in [1.807, 2.05) is 28.8 Å². The zero-order valence-electron chi connectivity index (χ0n) is 12.2. The largest absolute Gasteiger partial charge is 0.353 e. The van der Waals surface area contributed by atoms with E-state index in [0.717, 1.165) is 5.69 Å². The molecule has 1 aliphatic rings. The SMILES string of the molecule is CC(NC(=O)CSc1nncn1-c1cccc(Cl)c1)C1CC1. The topological polar surface area (TPSA) is 59.8 Å². The Bertz CT molecular complexity index is 671. The van der Waals surface area contributed by atoms with Gasteiger partial charge < -0.3 is 5.32 Å². The number of benzene rings is 1. The minimum absolute atomic E-state index is 0.0324. The third kappa shape index (κ3) is 3.81. The fourth-order valence-electron chi connectivity index (χ4n) is 2.27. The molecule has 5 nitrogen and oxygen atoms in total. The fourth-order valence-corrected chi connectivity index (χ4v) is 3.19. The summed E-state index contributed by atoms with van der Waals surface area (Å²) in [5.74, 6) is 1.02. The minimum Gasteiger partial charge on any atom is -0.353 e. The highest BCUT2D eigenvalue weighted by Gasteiger charge is 2.28. The summed E-state index contributed by atoms with van der Waals surface area (Å²) in [6.45, 7) is 2.06. The van der Waals surface area contributed by atoms with Gasteiger partial charge in [0.2, 0.25) is 5.91 Å². The molecule has 3 rings (SSSR count). The Hall–Kier alpha value is -1.53. The van der Waals surface area contributed by atoms with Gasteiger partial charge in [0.05, 0.1) is 11.4 Å². The molecule has 0 saturated heterocycles. The zero-order chi connectivity index (χ0) is 15.5. The molecule has 0 spiro atoms. The molecule has 1 unspecified atom stereocenters. The van der Waals surface area contributed by atoms with E-state index < -0.39 is 0 Å². The Labute approximate surface area is 138 Å². The molecule has 7 heteroatoms. The van der Waals surface area contributed by atoms with E-state index in [1.54, 1.807) is 6.33 Å². The van der Waals surface area contributed by atoms with Gasteiger partial charge in [-0.25, -0.2) is 0 Å². The molecular weight excluding hydrogens is 320 g/mol. The van der Waals surface area contributed by atoms with Crippen LogP contribution in [0.3, 0.4) is 0 Å². The molecule has 0 radical (unpaired) electrons. The molecule has 1 aromatic heterocycles. The first kappa shape index (κ1) is 15.4. The normalized spacial score (nSPS) is 15.5. The number of nitrogens with one attached hydrogen (secondary N) is 1. The molecule has 1 fully saturated rings. The second-order valence-electron chi connectivity index (χ2n) is 5.45. The maximum Gasteiger partial charge on any atom is 0.230 e. The van der Waals surface area contributed by atoms with Crippen molar-refractivity contribution in [3.05, 3.63) is 35.6 Å². The Morgan fingerprint density at radius 3 is 3.09 bits per heavy atom. The smallest absolute Gasteiger partial charge is 0.230 e. The van der Waals surface area contributed by atoms with E-state index in [2.05, 4.69) is 22.4 Å². The molecule has 116 valence electrons. The van der Waals surface area contributed by atoms with Gasteiger partial charge >= 0.3 is 0 Å². The van der Waals surface area contributed by atoms with Gasteiger partial charge in [0.15, 0.2) is 5.16 Å². The molecule has 0 bridgehead atoms. The number of carbonyl (C=O) groups excluding carboxylic acids is 1. The number of hydrogen-bond donors (Lipinski definition) is 1. The van der Waals surface area contributed by atoms with Gasteiger partial charge in [-0.15, -0.1) is 10.2 Å². The summed E-state index contributed by atoms with van der Waals surface area (Å²) in [5, 5.41) is 12.4. The lowest BCUT2D eigenvalue weighted by Gasteiger charge is -2.12. The van der Waals surface area contributed by atoms with Crippen molar-refractivity contribution in [3.63, 3.8) is 0 Å². The van der Waals surface area contributed by atoms with Gasteiger partial charge in [-0.3, -0.25) is 9.36 Å². The molecule has 1 saturated carbocycles. The molecule has 1 aliphatic carbocycles. The summed E-state index contributed by atoms with van der Waals surface area (Å²) >= 11 is 7.38. The van der Waals surface area contributed by atoms with Crippen LogP contribution in [0.25, 0.3) is 5.69 Å². The van der Waals surface area contributed by atoms with Gasteiger partial charge in [-0.05, 0) is 43.9 Å². The molecule has 0 aliphatic heterocycles. The highest BCUT2D eigenvalue weighted by molar-refractivity contribution is 7.99. The van der Waals surface area contributed by atoms with Crippen LogP contribution in [-0.2, 0) is 4.79 Å². The Morgan fingerprint density at radius 2 is 2.36 bits per heavy atom. The molecule has 1 N–H and O–H groups in total.